The Bertz CT molecular complexity index is 966. The fourth-order valence-corrected chi connectivity index (χ4v) is 4.85. The van der Waals surface area contributed by atoms with Crippen LogP contribution < -0.4 is 9.47 Å². The second-order valence-electron chi connectivity index (χ2n) is 10.4. The van der Waals surface area contributed by atoms with E-state index < -0.39 is 36.4 Å². The van der Waals surface area contributed by atoms with Gasteiger partial charge in [-0.1, -0.05) is 52.4 Å². The van der Waals surface area contributed by atoms with E-state index in [0.29, 0.717) is 24.3 Å². The predicted molar refractivity (Wildman–Crippen MR) is 150 cm³/mol. The maximum atomic E-state index is 12.7. The summed E-state index contributed by atoms with van der Waals surface area (Å²) >= 11 is 0. The molecule has 218 valence electrons. The smallest absolute Gasteiger partial charge is 0.338 e. The van der Waals surface area contributed by atoms with E-state index in [4.69, 9.17) is 28.4 Å². The molecule has 2 aromatic carbocycles. The SMILES string of the molecule is CCCCCCOc1ccc(C(=O)O[C@H]2COC3C2OC[C@H]3OC(=O)c2ccc(OCCCCCC)cc2)cc1. The van der Waals surface area contributed by atoms with Crippen molar-refractivity contribution in [2.45, 2.75) is 89.6 Å². The van der Waals surface area contributed by atoms with Crippen LogP contribution in [0.25, 0.3) is 0 Å². The molecule has 0 aliphatic carbocycles. The minimum Gasteiger partial charge on any atom is -0.494 e. The largest absolute Gasteiger partial charge is 0.494 e. The molecule has 40 heavy (non-hydrogen) atoms. The molecule has 2 unspecified atom stereocenters. The Morgan fingerprint density at radius 1 is 0.625 bits per heavy atom. The van der Waals surface area contributed by atoms with Gasteiger partial charge in [0.05, 0.1) is 37.6 Å². The van der Waals surface area contributed by atoms with Gasteiger partial charge in [-0.25, -0.2) is 9.59 Å². The van der Waals surface area contributed by atoms with Gasteiger partial charge in [-0.2, -0.15) is 0 Å². The molecular weight excluding hydrogens is 512 g/mol. The third-order valence-electron chi connectivity index (χ3n) is 7.19. The lowest BCUT2D eigenvalue weighted by molar-refractivity contribution is -0.0287. The van der Waals surface area contributed by atoms with Gasteiger partial charge in [0, 0.05) is 0 Å². The molecule has 4 rings (SSSR count). The van der Waals surface area contributed by atoms with Gasteiger partial charge in [0.2, 0.25) is 0 Å². The van der Waals surface area contributed by atoms with Crippen LogP contribution in [-0.4, -0.2) is 62.8 Å². The number of unbranched alkanes of at least 4 members (excludes halogenated alkanes) is 6. The number of benzene rings is 2. The molecule has 2 fully saturated rings. The van der Waals surface area contributed by atoms with Crippen molar-refractivity contribution < 1.29 is 38.0 Å². The molecule has 0 aromatic heterocycles. The van der Waals surface area contributed by atoms with E-state index in [-0.39, 0.29) is 13.2 Å². The van der Waals surface area contributed by atoms with Crippen molar-refractivity contribution in [2.24, 2.45) is 0 Å². The van der Waals surface area contributed by atoms with E-state index in [0.717, 1.165) is 37.2 Å². The number of hydrogen-bond donors (Lipinski definition) is 0. The van der Waals surface area contributed by atoms with Crippen molar-refractivity contribution in [3.05, 3.63) is 59.7 Å². The first-order valence-corrected chi connectivity index (χ1v) is 14.7. The second-order valence-corrected chi connectivity index (χ2v) is 10.4. The van der Waals surface area contributed by atoms with Crippen LogP contribution in [0.5, 0.6) is 11.5 Å². The highest BCUT2D eigenvalue weighted by atomic mass is 16.7. The zero-order valence-electron chi connectivity index (χ0n) is 23.7. The average Bonchev–Trinajstić information content (AvgIpc) is 3.56. The van der Waals surface area contributed by atoms with E-state index in [1.54, 1.807) is 48.5 Å². The van der Waals surface area contributed by atoms with Gasteiger partial charge < -0.3 is 28.4 Å². The summed E-state index contributed by atoms with van der Waals surface area (Å²) in [6.45, 7) is 6.03. The van der Waals surface area contributed by atoms with Gasteiger partial charge >= 0.3 is 11.9 Å². The normalized spacial score (nSPS) is 21.6. The van der Waals surface area contributed by atoms with E-state index in [2.05, 4.69) is 13.8 Å². The Morgan fingerprint density at radius 2 is 1.02 bits per heavy atom. The van der Waals surface area contributed by atoms with Crippen LogP contribution in [-0.2, 0) is 18.9 Å². The monoisotopic (exact) mass is 554 g/mol. The second kappa shape index (κ2) is 15.6. The van der Waals surface area contributed by atoms with Crippen LogP contribution in [0.2, 0.25) is 0 Å². The topological polar surface area (TPSA) is 89.5 Å². The molecule has 4 atom stereocenters. The molecule has 2 aliphatic heterocycles. The molecule has 0 amide bonds. The van der Waals surface area contributed by atoms with Crippen LogP contribution >= 0.6 is 0 Å². The molecule has 0 bridgehead atoms. The summed E-state index contributed by atoms with van der Waals surface area (Å²) in [4.78, 5) is 25.5. The van der Waals surface area contributed by atoms with Gasteiger partial charge in [0.25, 0.3) is 0 Å². The van der Waals surface area contributed by atoms with Crippen molar-refractivity contribution in [2.75, 3.05) is 26.4 Å². The van der Waals surface area contributed by atoms with Gasteiger partial charge in [-0.05, 0) is 61.4 Å². The summed E-state index contributed by atoms with van der Waals surface area (Å²) in [5, 5.41) is 0. The van der Waals surface area contributed by atoms with Gasteiger partial charge in [0.15, 0.2) is 12.2 Å². The Balaban J connectivity index is 1.20. The van der Waals surface area contributed by atoms with Crippen molar-refractivity contribution in [3.8, 4) is 11.5 Å². The van der Waals surface area contributed by atoms with Crippen LogP contribution in [0.1, 0.15) is 85.9 Å². The Hall–Kier alpha value is -3.10. The van der Waals surface area contributed by atoms with Crippen LogP contribution in [0.4, 0.5) is 0 Å². The molecular formula is C32H42O8. The molecule has 0 N–H and O–H groups in total. The number of rotatable bonds is 16. The Morgan fingerprint density at radius 3 is 1.40 bits per heavy atom. The Labute approximate surface area is 237 Å². The molecule has 0 radical (unpaired) electrons. The van der Waals surface area contributed by atoms with E-state index in [9.17, 15) is 9.59 Å². The van der Waals surface area contributed by atoms with Crippen molar-refractivity contribution in [1.29, 1.82) is 0 Å². The summed E-state index contributed by atoms with van der Waals surface area (Å²) in [6, 6.07) is 13.9. The first-order chi connectivity index (χ1) is 19.6. The lowest BCUT2D eigenvalue weighted by Gasteiger charge is -2.17. The first kappa shape index (κ1) is 29.9. The zero-order chi connectivity index (χ0) is 28.2. The zero-order valence-corrected chi connectivity index (χ0v) is 23.7. The fourth-order valence-electron chi connectivity index (χ4n) is 4.85. The van der Waals surface area contributed by atoms with Gasteiger partial charge in [-0.3, -0.25) is 0 Å². The molecule has 0 saturated carbocycles. The quantitative estimate of drug-likeness (QED) is 0.180. The van der Waals surface area contributed by atoms with Crippen LogP contribution in [0.15, 0.2) is 48.5 Å². The summed E-state index contributed by atoms with van der Waals surface area (Å²) in [5.41, 5.74) is 0.854. The minimum absolute atomic E-state index is 0.179. The van der Waals surface area contributed by atoms with Gasteiger partial charge in [-0.15, -0.1) is 0 Å². The maximum absolute atomic E-state index is 12.7. The predicted octanol–water partition coefficient (Wildman–Crippen LogP) is 6.15. The molecule has 0 spiro atoms. The molecule has 2 saturated heterocycles. The van der Waals surface area contributed by atoms with Crippen molar-refractivity contribution in [3.63, 3.8) is 0 Å². The van der Waals surface area contributed by atoms with E-state index >= 15 is 0 Å². The molecule has 8 heteroatoms. The van der Waals surface area contributed by atoms with Gasteiger partial charge in [0.1, 0.15) is 23.7 Å². The highest BCUT2D eigenvalue weighted by Gasteiger charge is 2.51. The lowest BCUT2D eigenvalue weighted by atomic mass is 10.1. The minimum atomic E-state index is -0.579. The summed E-state index contributed by atoms with van der Waals surface area (Å²) in [5.74, 6) is 0.539. The number of hydrogen-bond acceptors (Lipinski definition) is 8. The van der Waals surface area contributed by atoms with Crippen molar-refractivity contribution in [1.82, 2.24) is 0 Å². The lowest BCUT2D eigenvalue weighted by Crippen LogP contribution is -2.36. The summed E-state index contributed by atoms with van der Waals surface area (Å²) in [7, 11) is 0. The van der Waals surface area contributed by atoms with E-state index in [1.165, 1.54) is 25.7 Å². The summed E-state index contributed by atoms with van der Waals surface area (Å²) < 4.78 is 34.6. The number of esters is 2. The average molecular weight is 555 g/mol. The number of carbonyl (C=O) groups excluding carboxylic acids is 2. The summed E-state index contributed by atoms with van der Waals surface area (Å²) in [6.07, 6.45) is 6.97. The first-order valence-electron chi connectivity index (χ1n) is 14.7. The Kier molecular flexibility index (Phi) is 11.7. The maximum Gasteiger partial charge on any atom is 0.338 e. The van der Waals surface area contributed by atoms with Crippen LogP contribution in [0.3, 0.4) is 0 Å². The molecule has 2 aliphatic rings. The molecule has 8 nitrogen and oxygen atoms in total. The third-order valence-corrected chi connectivity index (χ3v) is 7.19. The van der Waals surface area contributed by atoms with Crippen molar-refractivity contribution >= 4 is 11.9 Å². The fraction of sp³-hybridized carbons (Fsp3) is 0.562. The highest BCUT2D eigenvalue weighted by molar-refractivity contribution is 5.90. The molecule has 2 aromatic rings. The molecule has 2 heterocycles. The number of carbonyl (C=O) groups is 2. The van der Waals surface area contributed by atoms with Crippen LogP contribution in [0, 0.1) is 0 Å². The number of fused-ring (bicyclic) bond motifs is 1. The van der Waals surface area contributed by atoms with E-state index in [1.807, 2.05) is 0 Å². The highest BCUT2D eigenvalue weighted by Crippen LogP contribution is 2.31. The number of ether oxygens (including phenoxy) is 6. The standard InChI is InChI=1S/C32H42O8/c1-3-5-7-9-19-35-25-15-11-23(12-16-25)31(33)39-27-21-37-30-28(22-38-29(27)30)40-32(34)24-13-17-26(18-14-24)36-20-10-8-6-4-2/h11-18,27-30H,3-10,19-22H2,1-2H3/t27-,28+,29?,30?. The third kappa shape index (κ3) is 8.45.